The molecule has 1 aromatic heterocycles. The Balaban J connectivity index is 2.52. The van der Waals surface area contributed by atoms with Crippen LogP contribution in [0.15, 0.2) is 18.2 Å². The Morgan fingerprint density at radius 3 is 2.89 bits per heavy atom. The van der Waals surface area contributed by atoms with Crippen LogP contribution in [0.25, 0.3) is 11.0 Å². The summed E-state index contributed by atoms with van der Waals surface area (Å²) in [5.74, 6) is -0.679. The maximum atomic E-state index is 10.7. The van der Waals surface area contributed by atoms with Gasteiger partial charge in [0.1, 0.15) is 11.9 Å². The Bertz CT molecular complexity index is 609. The molecule has 2 N–H and O–H groups in total. The second-order valence-corrected chi connectivity index (χ2v) is 4.80. The fourth-order valence-electron chi connectivity index (χ4n) is 2.09. The van der Waals surface area contributed by atoms with Crippen LogP contribution in [-0.4, -0.2) is 25.7 Å². The van der Waals surface area contributed by atoms with Crippen molar-refractivity contribution in [3.63, 3.8) is 0 Å². The van der Waals surface area contributed by atoms with Gasteiger partial charge in [-0.05, 0) is 24.6 Å². The number of carboxylic acid groups (broad SMARTS) is 1. The van der Waals surface area contributed by atoms with Gasteiger partial charge in [0.2, 0.25) is 0 Å². The Kier molecular flexibility index (Phi) is 4.07. The van der Waals surface area contributed by atoms with Gasteiger partial charge >= 0.3 is 5.97 Å². The van der Waals surface area contributed by atoms with Gasteiger partial charge in [0.15, 0.2) is 0 Å². The van der Waals surface area contributed by atoms with Crippen molar-refractivity contribution in [2.75, 3.05) is 0 Å². The number of fused-ring (bicyclic) bond motifs is 1. The zero-order valence-electron chi connectivity index (χ0n) is 10.5. The van der Waals surface area contributed by atoms with E-state index in [1.165, 1.54) is 0 Å². The molecule has 0 spiro atoms. The minimum atomic E-state index is -1.12. The Labute approximate surface area is 115 Å². The van der Waals surface area contributed by atoms with Crippen LogP contribution in [0.5, 0.6) is 0 Å². The molecule has 102 valence electrons. The van der Waals surface area contributed by atoms with E-state index >= 15 is 0 Å². The summed E-state index contributed by atoms with van der Waals surface area (Å²) in [6.45, 7) is 2.68. The van der Waals surface area contributed by atoms with E-state index in [-0.39, 0.29) is 6.42 Å². The van der Waals surface area contributed by atoms with E-state index in [1.807, 2.05) is 17.6 Å². The van der Waals surface area contributed by atoms with E-state index in [2.05, 4.69) is 4.98 Å². The van der Waals surface area contributed by atoms with Gasteiger partial charge in [-0.1, -0.05) is 18.5 Å². The molecule has 19 heavy (non-hydrogen) atoms. The van der Waals surface area contributed by atoms with E-state index in [9.17, 15) is 9.90 Å². The number of nitrogens with zero attached hydrogens (tertiary/aromatic N) is 2. The number of benzene rings is 1. The number of aliphatic hydroxyl groups is 1. The molecule has 0 aliphatic rings. The summed E-state index contributed by atoms with van der Waals surface area (Å²) < 4.78 is 1.85. The number of carboxylic acids is 1. The van der Waals surface area contributed by atoms with Crippen LogP contribution in [0.4, 0.5) is 0 Å². The number of aryl methyl sites for hydroxylation is 1. The standard InChI is InChI=1S/C13H15ClN2O3/c1-2-5-16-10-4-3-8(14)6-9(10)15-13(16)11(17)7-12(18)19/h3-4,6,11,17H,2,5,7H2,1H3,(H,18,19). The lowest BCUT2D eigenvalue weighted by atomic mass is 10.2. The Morgan fingerprint density at radius 2 is 2.26 bits per heavy atom. The van der Waals surface area contributed by atoms with Crippen LogP contribution in [0.1, 0.15) is 31.7 Å². The number of hydrogen-bond donors (Lipinski definition) is 2. The lowest BCUT2D eigenvalue weighted by Gasteiger charge is -2.11. The molecule has 0 saturated heterocycles. The lowest BCUT2D eigenvalue weighted by molar-refractivity contribution is -0.139. The normalized spacial score (nSPS) is 12.8. The molecule has 0 aliphatic heterocycles. The molecule has 0 bridgehead atoms. The Morgan fingerprint density at radius 1 is 1.53 bits per heavy atom. The predicted octanol–water partition coefficient (Wildman–Crippen LogP) is 2.61. The average molecular weight is 283 g/mol. The number of carbonyl (C=O) groups is 1. The van der Waals surface area contributed by atoms with Gasteiger partial charge in [-0.3, -0.25) is 4.79 Å². The van der Waals surface area contributed by atoms with Gasteiger partial charge in [-0.2, -0.15) is 0 Å². The first-order valence-electron chi connectivity index (χ1n) is 6.08. The van der Waals surface area contributed by atoms with Crippen molar-refractivity contribution >= 4 is 28.6 Å². The number of aromatic nitrogens is 2. The number of aliphatic hydroxyl groups excluding tert-OH is 1. The van der Waals surface area contributed by atoms with Crippen molar-refractivity contribution in [1.82, 2.24) is 9.55 Å². The molecule has 0 saturated carbocycles. The highest BCUT2D eigenvalue weighted by molar-refractivity contribution is 6.31. The first-order valence-corrected chi connectivity index (χ1v) is 6.46. The maximum Gasteiger partial charge on any atom is 0.306 e. The topological polar surface area (TPSA) is 75.4 Å². The molecular weight excluding hydrogens is 268 g/mol. The molecule has 0 fully saturated rings. The second kappa shape index (κ2) is 5.59. The minimum absolute atomic E-state index is 0.360. The van der Waals surface area contributed by atoms with Crippen LogP contribution < -0.4 is 0 Å². The highest BCUT2D eigenvalue weighted by Gasteiger charge is 2.20. The summed E-state index contributed by atoms with van der Waals surface area (Å²) in [6.07, 6.45) is -0.614. The molecule has 0 aliphatic carbocycles. The van der Waals surface area contributed by atoms with E-state index in [4.69, 9.17) is 16.7 Å². The quantitative estimate of drug-likeness (QED) is 0.884. The van der Waals surface area contributed by atoms with Crippen LogP contribution in [-0.2, 0) is 11.3 Å². The largest absolute Gasteiger partial charge is 0.481 e. The summed E-state index contributed by atoms with van der Waals surface area (Å²) in [5.41, 5.74) is 1.52. The molecule has 1 atom stereocenters. The average Bonchev–Trinajstić information content (AvgIpc) is 2.67. The van der Waals surface area contributed by atoms with Crippen molar-refractivity contribution in [3.05, 3.63) is 29.0 Å². The summed E-state index contributed by atoms with van der Waals surface area (Å²) in [7, 11) is 0. The monoisotopic (exact) mass is 282 g/mol. The number of rotatable bonds is 5. The van der Waals surface area contributed by atoms with Crippen molar-refractivity contribution in [1.29, 1.82) is 0 Å². The van der Waals surface area contributed by atoms with Gasteiger partial charge in [-0.25, -0.2) is 4.98 Å². The molecule has 2 rings (SSSR count). The van der Waals surface area contributed by atoms with Gasteiger partial charge in [0, 0.05) is 11.6 Å². The molecule has 1 unspecified atom stereocenters. The van der Waals surface area contributed by atoms with Crippen LogP contribution in [0.3, 0.4) is 0 Å². The van der Waals surface area contributed by atoms with Crippen molar-refractivity contribution in [2.24, 2.45) is 0 Å². The molecule has 5 nitrogen and oxygen atoms in total. The lowest BCUT2D eigenvalue weighted by Crippen LogP contribution is -2.12. The fourth-order valence-corrected chi connectivity index (χ4v) is 2.26. The summed E-state index contributed by atoms with van der Waals surface area (Å²) in [6, 6.07) is 5.29. The zero-order chi connectivity index (χ0) is 14.0. The van der Waals surface area contributed by atoms with Gasteiger partial charge in [0.05, 0.1) is 17.5 Å². The second-order valence-electron chi connectivity index (χ2n) is 4.37. The van der Waals surface area contributed by atoms with E-state index in [0.717, 1.165) is 11.9 Å². The van der Waals surface area contributed by atoms with E-state index in [0.29, 0.717) is 22.9 Å². The van der Waals surface area contributed by atoms with E-state index < -0.39 is 12.1 Å². The van der Waals surface area contributed by atoms with Crippen molar-refractivity contribution < 1.29 is 15.0 Å². The van der Waals surface area contributed by atoms with Crippen molar-refractivity contribution in [3.8, 4) is 0 Å². The first-order chi connectivity index (χ1) is 9.02. The molecular formula is C13H15ClN2O3. The maximum absolute atomic E-state index is 10.7. The van der Waals surface area contributed by atoms with Gasteiger partial charge < -0.3 is 14.8 Å². The zero-order valence-corrected chi connectivity index (χ0v) is 11.3. The first kappa shape index (κ1) is 13.8. The number of halogens is 1. The molecule has 6 heteroatoms. The molecule has 1 heterocycles. The summed E-state index contributed by atoms with van der Waals surface area (Å²) >= 11 is 5.92. The van der Waals surface area contributed by atoms with Gasteiger partial charge in [-0.15, -0.1) is 0 Å². The molecule has 0 amide bonds. The van der Waals surface area contributed by atoms with Crippen LogP contribution in [0, 0.1) is 0 Å². The molecule has 0 radical (unpaired) electrons. The smallest absolute Gasteiger partial charge is 0.306 e. The third kappa shape index (κ3) is 2.88. The number of hydrogen-bond acceptors (Lipinski definition) is 3. The third-order valence-electron chi connectivity index (χ3n) is 2.85. The molecule has 1 aromatic carbocycles. The summed E-state index contributed by atoms with van der Waals surface area (Å²) in [5, 5.41) is 19.3. The van der Waals surface area contributed by atoms with E-state index in [1.54, 1.807) is 12.1 Å². The van der Waals surface area contributed by atoms with Crippen LogP contribution >= 0.6 is 11.6 Å². The van der Waals surface area contributed by atoms with Gasteiger partial charge in [0.25, 0.3) is 0 Å². The number of imidazole rings is 1. The fraction of sp³-hybridized carbons (Fsp3) is 0.385. The highest BCUT2D eigenvalue weighted by atomic mass is 35.5. The minimum Gasteiger partial charge on any atom is -0.481 e. The SMILES string of the molecule is CCCn1c(C(O)CC(=O)O)nc2cc(Cl)ccc21. The van der Waals surface area contributed by atoms with Crippen LogP contribution in [0.2, 0.25) is 5.02 Å². The predicted molar refractivity (Wildman–Crippen MR) is 72.2 cm³/mol. The summed E-state index contributed by atoms with van der Waals surface area (Å²) in [4.78, 5) is 15.0. The van der Waals surface area contributed by atoms with Crippen molar-refractivity contribution in [2.45, 2.75) is 32.4 Å². The third-order valence-corrected chi connectivity index (χ3v) is 3.09. The Hall–Kier alpha value is -1.59. The number of aliphatic carboxylic acids is 1. The highest BCUT2D eigenvalue weighted by Crippen LogP contribution is 2.25. The molecule has 2 aromatic rings.